The predicted octanol–water partition coefficient (Wildman–Crippen LogP) is 3.08. The van der Waals surface area contributed by atoms with E-state index in [2.05, 4.69) is 37.4 Å². The Kier molecular flexibility index (Phi) is 6.07. The van der Waals surface area contributed by atoms with E-state index in [1.165, 1.54) is 30.4 Å². The summed E-state index contributed by atoms with van der Waals surface area (Å²) in [4.78, 5) is 0. The minimum absolute atomic E-state index is 0.150. The molecule has 2 rings (SSSR count). The Morgan fingerprint density at radius 1 is 1.24 bits per heavy atom. The van der Waals surface area contributed by atoms with Crippen LogP contribution in [0.25, 0.3) is 0 Å². The lowest BCUT2D eigenvalue weighted by Gasteiger charge is -2.28. The van der Waals surface area contributed by atoms with Gasteiger partial charge in [0.25, 0.3) is 0 Å². The molecule has 0 bridgehead atoms. The summed E-state index contributed by atoms with van der Waals surface area (Å²) in [5.41, 5.74) is 2.81. The van der Waals surface area contributed by atoms with E-state index in [4.69, 9.17) is 4.74 Å². The molecule has 0 aromatic heterocycles. The van der Waals surface area contributed by atoms with Crippen molar-refractivity contribution in [3.05, 3.63) is 29.3 Å². The zero-order chi connectivity index (χ0) is 15.1. The second-order valence-corrected chi connectivity index (χ2v) is 6.34. The van der Waals surface area contributed by atoms with Crippen molar-refractivity contribution in [3.8, 4) is 5.75 Å². The number of benzene rings is 1. The van der Waals surface area contributed by atoms with Gasteiger partial charge in [0.15, 0.2) is 0 Å². The number of aryl methyl sites for hydroxylation is 2. The Morgan fingerprint density at radius 2 is 2.05 bits per heavy atom. The van der Waals surface area contributed by atoms with Crippen molar-refractivity contribution in [2.24, 2.45) is 0 Å². The van der Waals surface area contributed by atoms with Crippen LogP contribution in [0.4, 0.5) is 0 Å². The number of rotatable bonds is 9. The number of fused-ring (bicyclic) bond motifs is 1. The molecular formula is C18H29NO2. The highest BCUT2D eigenvalue weighted by atomic mass is 16.5. The van der Waals surface area contributed by atoms with Crippen LogP contribution in [0.5, 0.6) is 5.75 Å². The SMILES string of the molecule is CCNC(C)(CO)CCCCOc1ccc2c(c1)CCC2. The van der Waals surface area contributed by atoms with Crippen molar-refractivity contribution in [1.29, 1.82) is 0 Å². The number of hydrogen-bond donors (Lipinski definition) is 2. The Bertz CT molecular complexity index is 447. The molecule has 2 N–H and O–H groups in total. The minimum Gasteiger partial charge on any atom is -0.494 e. The average Bonchev–Trinajstić information content (AvgIpc) is 2.95. The highest BCUT2D eigenvalue weighted by molar-refractivity contribution is 5.38. The molecule has 0 amide bonds. The van der Waals surface area contributed by atoms with Crippen LogP contribution in [-0.2, 0) is 12.8 Å². The first-order valence-corrected chi connectivity index (χ1v) is 8.27. The van der Waals surface area contributed by atoms with E-state index in [0.717, 1.165) is 38.2 Å². The van der Waals surface area contributed by atoms with Crippen molar-refractivity contribution in [2.75, 3.05) is 19.8 Å². The number of aliphatic hydroxyl groups is 1. The zero-order valence-corrected chi connectivity index (χ0v) is 13.5. The van der Waals surface area contributed by atoms with E-state index < -0.39 is 0 Å². The largest absolute Gasteiger partial charge is 0.494 e. The molecule has 118 valence electrons. The van der Waals surface area contributed by atoms with Crippen LogP contribution in [0.15, 0.2) is 18.2 Å². The van der Waals surface area contributed by atoms with E-state index in [1.807, 2.05) is 0 Å². The fourth-order valence-corrected chi connectivity index (χ4v) is 3.10. The smallest absolute Gasteiger partial charge is 0.119 e. The summed E-state index contributed by atoms with van der Waals surface area (Å²) in [6.45, 7) is 5.99. The predicted molar refractivity (Wildman–Crippen MR) is 87.0 cm³/mol. The molecule has 0 saturated carbocycles. The van der Waals surface area contributed by atoms with Crippen molar-refractivity contribution >= 4 is 0 Å². The average molecular weight is 291 g/mol. The van der Waals surface area contributed by atoms with Crippen molar-refractivity contribution in [2.45, 2.75) is 57.9 Å². The fraction of sp³-hybridized carbons (Fsp3) is 0.667. The molecule has 3 nitrogen and oxygen atoms in total. The molecule has 0 radical (unpaired) electrons. The molecular weight excluding hydrogens is 262 g/mol. The monoisotopic (exact) mass is 291 g/mol. The van der Waals surface area contributed by atoms with E-state index >= 15 is 0 Å². The zero-order valence-electron chi connectivity index (χ0n) is 13.5. The Morgan fingerprint density at radius 3 is 2.81 bits per heavy atom. The van der Waals surface area contributed by atoms with Crippen LogP contribution < -0.4 is 10.1 Å². The van der Waals surface area contributed by atoms with Crippen LogP contribution in [0.1, 0.15) is 50.7 Å². The third kappa shape index (κ3) is 4.72. The lowest BCUT2D eigenvalue weighted by molar-refractivity contribution is 0.162. The first-order valence-electron chi connectivity index (χ1n) is 8.27. The molecule has 0 saturated heterocycles. The van der Waals surface area contributed by atoms with E-state index in [9.17, 15) is 5.11 Å². The Labute approximate surface area is 128 Å². The van der Waals surface area contributed by atoms with E-state index in [-0.39, 0.29) is 12.1 Å². The molecule has 1 aromatic carbocycles. The van der Waals surface area contributed by atoms with Gasteiger partial charge in [-0.05, 0) is 75.3 Å². The van der Waals surface area contributed by atoms with Crippen molar-refractivity contribution in [1.82, 2.24) is 5.32 Å². The maximum atomic E-state index is 9.45. The minimum atomic E-state index is -0.150. The molecule has 1 aliphatic rings. The van der Waals surface area contributed by atoms with Gasteiger partial charge in [0.05, 0.1) is 13.2 Å². The Balaban J connectivity index is 1.68. The molecule has 0 heterocycles. The third-order valence-electron chi connectivity index (χ3n) is 4.41. The number of likely N-dealkylation sites (N-methyl/N-ethyl adjacent to an activating group) is 1. The number of unbranched alkanes of at least 4 members (excludes halogenated alkanes) is 1. The summed E-state index contributed by atoms with van der Waals surface area (Å²) in [5, 5.41) is 12.8. The van der Waals surface area contributed by atoms with Gasteiger partial charge in [-0.25, -0.2) is 0 Å². The highest BCUT2D eigenvalue weighted by Crippen LogP contribution is 2.26. The summed E-state index contributed by atoms with van der Waals surface area (Å²) in [5.74, 6) is 1.01. The van der Waals surface area contributed by atoms with E-state index in [1.54, 1.807) is 0 Å². The molecule has 1 unspecified atom stereocenters. The van der Waals surface area contributed by atoms with E-state index in [0.29, 0.717) is 0 Å². The van der Waals surface area contributed by atoms with Crippen LogP contribution in [0, 0.1) is 0 Å². The fourth-order valence-electron chi connectivity index (χ4n) is 3.10. The second-order valence-electron chi connectivity index (χ2n) is 6.34. The summed E-state index contributed by atoms with van der Waals surface area (Å²) in [6.07, 6.45) is 6.77. The third-order valence-corrected chi connectivity index (χ3v) is 4.41. The lowest BCUT2D eigenvalue weighted by atomic mass is 9.96. The quantitative estimate of drug-likeness (QED) is 0.687. The molecule has 0 fully saturated rings. The van der Waals surface area contributed by atoms with Crippen LogP contribution in [0.2, 0.25) is 0 Å². The van der Waals surface area contributed by atoms with Gasteiger partial charge in [-0.2, -0.15) is 0 Å². The van der Waals surface area contributed by atoms with Crippen molar-refractivity contribution < 1.29 is 9.84 Å². The van der Waals surface area contributed by atoms with Gasteiger partial charge in [-0.1, -0.05) is 13.0 Å². The van der Waals surface area contributed by atoms with Crippen LogP contribution in [0.3, 0.4) is 0 Å². The maximum absolute atomic E-state index is 9.45. The van der Waals surface area contributed by atoms with Crippen molar-refractivity contribution in [3.63, 3.8) is 0 Å². The molecule has 1 atom stereocenters. The Hall–Kier alpha value is -1.06. The van der Waals surface area contributed by atoms with Crippen LogP contribution >= 0.6 is 0 Å². The van der Waals surface area contributed by atoms with Gasteiger partial charge in [0, 0.05) is 5.54 Å². The molecule has 1 aromatic rings. The van der Waals surface area contributed by atoms with Gasteiger partial charge in [0.1, 0.15) is 5.75 Å². The number of aliphatic hydroxyl groups excluding tert-OH is 1. The number of hydrogen-bond acceptors (Lipinski definition) is 3. The first kappa shape index (κ1) is 16.3. The molecule has 21 heavy (non-hydrogen) atoms. The lowest BCUT2D eigenvalue weighted by Crippen LogP contribution is -2.45. The highest BCUT2D eigenvalue weighted by Gasteiger charge is 2.20. The summed E-state index contributed by atoms with van der Waals surface area (Å²) in [7, 11) is 0. The molecule has 3 heteroatoms. The van der Waals surface area contributed by atoms with Gasteiger partial charge < -0.3 is 15.2 Å². The summed E-state index contributed by atoms with van der Waals surface area (Å²) >= 11 is 0. The molecule has 1 aliphatic carbocycles. The number of nitrogens with one attached hydrogen (secondary N) is 1. The van der Waals surface area contributed by atoms with Gasteiger partial charge >= 0.3 is 0 Å². The maximum Gasteiger partial charge on any atom is 0.119 e. The normalized spacial score (nSPS) is 16.5. The van der Waals surface area contributed by atoms with Gasteiger partial charge in [-0.15, -0.1) is 0 Å². The van der Waals surface area contributed by atoms with Gasteiger partial charge in [0.2, 0.25) is 0 Å². The standard InChI is InChI=1S/C18H29NO2/c1-3-19-18(2,14-20)11-4-5-12-21-17-10-9-15-7-6-8-16(15)13-17/h9-10,13,19-20H,3-8,11-12,14H2,1-2H3. The summed E-state index contributed by atoms with van der Waals surface area (Å²) in [6, 6.07) is 6.52. The van der Waals surface area contributed by atoms with Crippen LogP contribution in [-0.4, -0.2) is 30.4 Å². The molecule has 0 spiro atoms. The van der Waals surface area contributed by atoms with Gasteiger partial charge in [-0.3, -0.25) is 0 Å². The topological polar surface area (TPSA) is 41.5 Å². The number of ether oxygens (including phenoxy) is 1. The summed E-state index contributed by atoms with van der Waals surface area (Å²) < 4.78 is 5.86. The molecule has 0 aliphatic heterocycles. The first-order chi connectivity index (χ1) is 10.2. The second kappa shape index (κ2) is 7.81.